The van der Waals surface area contributed by atoms with Gasteiger partial charge in [-0.1, -0.05) is 133 Å². The van der Waals surface area contributed by atoms with E-state index >= 15 is 0 Å². The number of nitrogens with zero attached hydrogens (tertiary/aromatic N) is 2. The van der Waals surface area contributed by atoms with E-state index in [1.807, 2.05) is 97.1 Å². The number of ketones is 4. The van der Waals surface area contributed by atoms with E-state index in [-0.39, 0.29) is 23.1 Å². The summed E-state index contributed by atoms with van der Waals surface area (Å²) in [6, 6.07) is 62.7. The van der Waals surface area contributed by atoms with Crippen LogP contribution < -0.4 is 0 Å². The van der Waals surface area contributed by atoms with Gasteiger partial charge in [-0.05, 0) is 71.8 Å². The molecule has 2 aliphatic carbocycles. The van der Waals surface area contributed by atoms with Crippen LogP contribution in [0, 0.1) is 0 Å². The highest BCUT2D eigenvalue weighted by molar-refractivity contribution is 6.35. The Bertz CT molecular complexity index is 3650. The third-order valence-corrected chi connectivity index (χ3v) is 13.2. The van der Waals surface area contributed by atoms with Gasteiger partial charge in [0.25, 0.3) is 0 Å². The van der Waals surface area contributed by atoms with Gasteiger partial charge in [0.15, 0.2) is 23.1 Å². The maximum atomic E-state index is 14.5. The molecule has 6 heteroatoms. The molecule has 0 spiro atoms. The van der Waals surface area contributed by atoms with Crippen molar-refractivity contribution in [1.82, 2.24) is 9.13 Å². The Morgan fingerprint density at radius 3 is 0.984 bits per heavy atom. The molecule has 0 saturated heterocycles. The standard InChI is InChI=1S/C58H32N2O4/c61-55-37-19-7-9-21-39(37)57(63)45-31-33(27-29-41(45)55)49-52-44-24-12-14-26-48(44)60(36-17-5-2-6-18-36)54(52)50(34-28-30-42-46(32-34)58(64)40-22-10-8-20-38(40)56(42)62)51-43-23-11-13-25-47(43)59(53(49)51)35-15-3-1-4-16-35/h1-32H. The first-order valence-electron chi connectivity index (χ1n) is 21.3. The lowest BCUT2D eigenvalue weighted by Crippen LogP contribution is -2.20. The Labute approximate surface area is 365 Å². The molecule has 11 aromatic rings. The first-order chi connectivity index (χ1) is 31.5. The van der Waals surface area contributed by atoms with Gasteiger partial charge in [0.1, 0.15) is 0 Å². The number of carbonyl (C=O) groups excluding carboxylic acids is 4. The minimum Gasteiger partial charge on any atom is -0.309 e. The van der Waals surface area contributed by atoms with Crippen molar-refractivity contribution in [2.24, 2.45) is 0 Å². The number of hydrogen-bond acceptors (Lipinski definition) is 4. The van der Waals surface area contributed by atoms with E-state index in [1.165, 1.54) is 0 Å². The molecule has 2 heterocycles. The predicted molar refractivity (Wildman–Crippen MR) is 253 cm³/mol. The van der Waals surface area contributed by atoms with Crippen molar-refractivity contribution in [3.05, 3.63) is 239 Å². The van der Waals surface area contributed by atoms with Crippen molar-refractivity contribution >= 4 is 66.7 Å². The molecule has 9 aromatic carbocycles. The Balaban J connectivity index is 1.26. The minimum atomic E-state index is -0.193. The zero-order valence-corrected chi connectivity index (χ0v) is 34.0. The molecule has 0 saturated carbocycles. The normalized spacial score (nSPS) is 13.1. The van der Waals surface area contributed by atoms with Crippen LogP contribution in [0.1, 0.15) is 63.7 Å². The average molecular weight is 821 g/mol. The Kier molecular flexibility index (Phi) is 7.52. The quantitative estimate of drug-likeness (QED) is 0.177. The summed E-state index contributed by atoms with van der Waals surface area (Å²) in [6.45, 7) is 0. The van der Waals surface area contributed by atoms with E-state index < -0.39 is 0 Å². The minimum absolute atomic E-state index is 0.176. The summed E-state index contributed by atoms with van der Waals surface area (Å²) >= 11 is 0. The van der Waals surface area contributed by atoms with Crippen molar-refractivity contribution in [2.45, 2.75) is 0 Å². The summed E-state index contributed by atoms with van der Waals surface area (Å²) in [5.74, 6) is -0.739. The molecule has 0 radical (unpaired) electrons. The SMILES string of the molecule is O=C1c2ccccc2C(=O)c2cc(-c3c4c5ccccc5n(-c5ccccc5)c4c(-c4ccc5c(c4)C(=O)c4ccccc4C5=O)c4c5ccccc5n(-c5ccccc5)c34)ccc21. The summed E-state index contributed by atoms with van der Waals surface area (Å²) in [7, 11) is 0. The maximum Gasteiger partial charge on any atom is 0.194 e. The largest absolute Gasteiger partial charge is 0.309 e. The van der Waals surface area contributed by atoms with Crippen LogP contribution in [-0.2, 0) is 0 Å². The van der Waals surface area contributed by atoms with E-state index in [2.05, 4.69) is 57.7 Å². The van der Waals surface area contributed by atoms with Crippen molar-refractivity contribution < 1.29 is 19.2 Å². The Morgan fingerprint density at radius 1 is 0.281 bits per heavy atom. The highest BCUT2D eigenvalue weighted by Gasteiger charge is 2.34. The molecule has 0 N–H and O–H groups in total. The van der Waals surface area contributed by atoms with E-state index in [1.54, 1.807) is 48.5 Å². The average Bonchev–Trinajstić information content (AvgIpc) is 3.88. The fourth-order valence-corrected chi connectivity index (χ4v) is 10.5. The van der Waals surface area contributed by atoms with E-state index in [0.717, 1.165) is 77.2 Å². The number of fused-ring (bicyclic) bond motifs is 10. The van der Waals surface area contributed by atoms with Crippen LogP contribution in [0.3, 0.4) is 0 Å². The third kappa shape index (κ3) is 4.85. The summed E-state index contributed by atoms with van der Waals surface area (Å²) in [6.07, 6.45) is 0. The molecule has 0 bridgehead atoms. The van der Waals surface area contributed by atoms with E-state index in [9.17, 15) is 19.2 Å². The summed E-state index contributed by atoms with van der Waals surface area (Å²) < 4.78 is 4.59. The summed E-state index contributed by atoms with van der Waals surface area (Å²) in [5.41, 5.74) is 12.0. The van der Waals surface area contributed by atoms with Gasteiger partial charge in [0.05, 0.1) is 22.1 Å². The topological polar surface area (TPSA) is 78.1 Å². The second kappa shape index (κ2) is 13.4. The second-order valence-corrected chi connectivity index (χ2v) is 16.5. The predicted octanol–water partition coefficient (Wildman–Crippen LogP) is 12.8. The number of aromatic nitrogens is 2. The monoisotopic (exact) mass is 820 g/mol. The highest BCUT2D eigenvalue weighted by Crippen LogP contribution is 2.52. The van der Waals surface area contributed by atoms with Gasteiger partial charge in [-0.3, -0.25) is 19.2 Å². The second-order valence-electron chi connectivity index (χ2n) is 16.5. The molecule has 6 nitrogen and oxygen atoms in total. The van der Waals surface area contributed by atoms with Crippen LogP contribution in [0.2, 0.25) is 0 Å². The molecular weight excluding hydrogens is 789 g/mol. The van der Waals surface area contributed by atoms with Crippen LogP contribution in [0.5, 0.6) is 0 Å². The summed E-state index contributed by atoms with van der Waals surface area (Å²) in [5, 5.41) is 3.82. The van der Waals surface area contributed by atoms with Crippen LogP contribution in [0.4, 0.5) is 0 Å². The fraction of sp³-hybridized carbons (Fsp3) is 0. The lowest BCUT2D eigenvalue weighted by atomic mass is 9.81. The van der Waals surface area contributed by atoms with Gasteiger partial charge in [-0.2, -0.15) is 0 Å². The molecule has 0 aliphatic heterocycles. The number of benzene rings is 9. The Morgan fingerprint density at radius 2 is 0.594 bits per heavy atom. The van der Waals surface area contributed by atoms with Crippen molar-refractivity contribution in [2.75, 3.05) is 0 Å². The van der Waals surface area contributed by atoms with Crippen molar-refractivity contribution in [3.63, 3.8) is 0 Å². The van der Waals surface area contributed by atoms with Gasteiger partial charge in [0, 0.05) is 88.6 Å². The highest BCUT2D eigenvalue weighted by atomic mass is 16.1. The molecule has 2 aliphatic rings. The first kappa shape index (κ1) is 36.0. The van der Waals surface area contributed by atoms with Crippen LogP contribution in [-0.4, -0.2) is 32.3 Å². The molecule has 298 valence electrons. The molecule has 0 amide bonds. The van der Waals surface area contributed by atoms with Gasteiger partial charge in [-0.15, -0.1) is 0 Å². The van der Waals surface area contributed by atoms with E-state index in [0.29, 0.717) is 44.5 Å². The maximum absolute atomic E-state index is 14.5. The van der Waals surface area contributed by atoms with E-state index in [4.69, 9.17) is 0 Å². The van der Waals surface area contributed by atoms with Crippen LogP contribution in [0.25, 0.3) is 77.2 Å². The smallest absolute Gasteiger partial charge is 0.194 e. The fourth-order valence-electron chi connectivity index (χ4n) is 10.5. The molecular formula is C58H32N2O4. The van der Waals surface area contributed by atoms with Crippen molar-refractivity contribution in [1.29, 1.82) is 0 Å². The number of para-hydroxylation sites is 4. The molecule has 0 atom stereocenters. The van der Waals surface area contributed by atoms with Crippen LogP contribution in [0.15, 0.2) is 194 Å². The summed E-state index contributed by atoms with van der Waals surface area (Å²) in [4.78, 5) is 57.0. The first-order valence-corrected chi connectivity index (χ1v) is 21.3. The molecule has 0 unspecified atom stereocenters. The number of carbonyl (C=O) groups is 4. The van der Waals surface area contributed by atoms with Gasteiger partial charge in [0.2, 0.25) is 0 Å². The van der Waals surface area contributed by atoms with Crippen molar-refractivity contribution in [3.8, 4) is 33.6 Å². The lowest BCUT2D eigenvalue weighted by molar-refractivity contribution is 0.0979. The molecule has 13 rings (SSSR count). The van der Waals surface area contributed by atoms with Crippen LogP contribution >= 0.6 is 0 Å². The van der Waals surface area contributed by atoms with Gasteiger partial charge < -0.3 is 9.13 Å². The van der Waals surface area contributed by atoms with Gasteiger partial charge in [-0.25, -0.2) is 0 Å². The lowest BCUT2D eigenvalue weighted by Gasteiger charge is -2.22. The number of hydrogen-bond donors (Lipinski definition) is 0. The third-order valence-electron chi connectivity index (χ3n) is 13.2. The molecule has 64 heavy (non-hydrogen) atoms. The molecule has 2 aromatic heterocycles. The van der Waals surface area contributed by atoms with Gasteiger partial charge >= 0.3 is 0 Å². The number of rotatable bonds is 4. The zero-order chi connectivity index (χ0) is 42.8. The Hall–Kier alpha value is -8.74. The zero-order valence-electron chi connectivity index (χ0n) is 34.0. The molecule has 0 fully saturated rings.